The zero-order valence-electron chi connectivity index (χ0n) is 15.6. The smallest absolute Gasteiger partial charge is 0.241 e. The van der Waals surface area contributed by atoms with Crippen molar-refractivity contribution >= 4 is 21.4 Å². The predicted octanol–water partition coefficient (Wildman–Crippen LogP) is 2.45. The first kappa shape index (κ1) is 18.0. The number of amides is 1. The molecule has 6 heteroatoms. The van der Waals surface area contributed by atoms with Crippen LogP contribution in [0.25, 0.3) is 0 Å². The summed E-state index contributed by atoms with van der Waals surface area (Å²) in [5.41, 5.74) is 3.15. The van der Waals surface area contributed by atoms with Gasteiger partial charge in [0.05, 0.1) is 24.1 Å². The van der Waals surface area contributed by atoms with Gasteiger partial charge in [0.1, 0.15) is 0 Å². The van der Waals surface area contributed by atoms with Crippen LogP contribution in [0.5, 0.6) is 0 Å². The molecule has 0 radical (unpaired) electrons. The Morgan fingerprint density at radius 2 is 1.65 bits per heavy atom. The van der Waals surface area contributed by atoms with Crippen LogP contribution < -0.4 is 4.90 Å². The second-order valence-corrected chi connectivity index (χ2v) is 10.4. The lowest BCUT2D eigenvalue weighted by Gasteiger charge is -2.47. The van der Waals surface area contributed by atoms with E-state index in [0.717, 1.165) is 24.1 Å². The Morgan fingerprint density at radius 1 is 0.962 bits per heavy atom. The second kappa shape index (κ2) is 6.64. The maximum atomic E-state index is 13.1. The molecule has 1 aromatic rings. The number of piperazine rings is 1. The number of aryl methyl sites for hydroxylation is 2. The number of hydrogen-bond acceptors (Lipinski definition) is 4. The fourth-order valence-corrected chi connectivity index (χ4v) is 6.89. The minimum absolute atomic E-state index is 0.0391. The van der Waals surface area contributed by atoms with Gasteiger partial charge in [-0.15, -0.1) is 0 Å². The number of rotatable bonds is 2. The molecule has 0 unspecified atom stereocenters. The van der Waals surface area contributed by atoms with Crippen LogP contribution >= 0.6 is 0 Å². The van der Waals surface area contributed by atoms with E-state index in [9.17, 15) is 13.2 Å². The highest BCUT2D eigenvalue weighted by molar-refractivity contribution is 7.91. The van der Waals surface area contributed by atoms with Crippen molar-refractivity contribution in [2.75, 3.05) is 23.0 Å². The molecule has 1 amide bonds. The van der Waals surface area contributed by atoms with E-state index in [-0.39, 0.29) is 29.5 Å². The maximum absolute atomic E-state index is 13.1. The largest absolute Gasteiger partial charge is 0.306 e. The lowest BCUT2D eigenvalue weighted by atomic mass is 9.90. The van der Waals surface area contributed by atoms with E-state index in [2.05, 4.69) is 4.90 Å². The Kier molecular flexibility index (Phi) is 4.59. The number of sulfone groups is 1. The molecule has 26 heavy (non-hydrogen) atoms. The summed E-state index contributed by atoms with van der Waals surface area (Å²) in [6.45, 7) is 4.42. The van der Waals surface area contributed by atoms with Gasteiger partial charge in [-0.1, -0.05) is 25.3 Å². The van der Waals surface area contributed by atoms with Crippen LogP contribution in [0.15, 0.2) is 18.2 Å². The number of carbonyl (C=O) groups excluding carboxylic acids is 1. The average molecular weight is 377 g/mol. The van der Waals surface area contributed by atoms with E-state index >= 15 is 0 Å². The average Bonchev–Trinajstić information content (AvgIpc) is 2.92. The Bertz CT molecular complexity index is 814. The highest BCUT2D eigenvalue weighted by atomic mass is 32.2. The number of hydrogen-bond donors (Lipinski definition) is 0. The fraction of sp³-hybridized carbons (Fsp3) is 0.650. The number of anilines is 1. The van der Waals surface area contributed by atoms with Gasteiger partial charge >= 0.3 is 0 Å². The first-order valence-corrected chi connectivity index (χ1v) is 11.5. The topological polar surface area (TPSA) is 57.7 Å². The minimum atomic E-state index is -3.12. The molecule has 2 saturated heterocycles. The van der Waals surface area contributed by atoms with Crippen molar-refractivity contribution < 1.29 is 13.2 Å². The zero-order valence-corrected chi connectivity index (χ0v) is 16.5. The molecule has 1 saturated carbocycles. The fourth-order valence-electron chi connectivity index (χ4n) is 4.93. The van der Waals surface area contributed by atoms with Crippen molar-refractivity contribution in [2.24, 2.45) is 0 Å². The van der Waals surface area contributed by atoms with Crippen LogP contribution in [0, 0.1) is 13.8 Å². The van der Waals surface area contributed by atoms with E-state index in [4.69, 9.17) is 0 Å². The predicted molar refractivity (Wildman–Crippen MR) is 103 cm³/mol. The molecule has 2 atom stereocenters. The third-order valence-corrected chi connectivity index (χ3v) is 8.15. The Hall–Kier alpha value is -1.40. The lowest BCUT2D eigenvalue weighted by Crippen LogP contribution is -2.64. The summed E-state index contributed by atoms with van der Waals surface area (Å²) in [5.74, 6) is 0.305. The van der Waals surface area contributed by atoms with Gasteiger partial charge in [0, 0.05) is 17.8 Å². The van der Waals surface area contributed by atoms with E-state index < -0.39 is 9.84 Å². The summed E-state index contributed by atoms with van der Waals surface area (Å²) < 4.78 is 24.9. The van der Waals surface area contributed by atoms with Crippen LogP contribution in [0.1, 0.15) is 43.2 Å². The molecule has 2 aliphatic heterocycles. The summed E-state index contributed by atoms with van der Waals surface area (Å²) in [6.07, 6.45) is 5.78. The SMILES string of the molecule is Cc1ccc(N2C(=O)CN(C3CCCCC3)[C@H]3CS(=O)(=O)C[C@H]32)cc1C. The first-order valence-electron chi connectivity index (χ1n) is 9.71. The van der Waals surface area contributed by atoms with Gasteiger partial charge in [-0.3, -0.25) is 9.69 Å². The van der Waals surface area contributed by atoms with Crippen molar-refractivity contribution in [3.63, 3.8) is 0 Å². The van der Waals surface area contributed by atoms with E-state index in [1.807, 2.05) is 32.0 Å². The monoisotopic (exact) mass is 376 g/mol. The van der Waals surface area contributed by atoms with Gasteiger partial charge in [0.2, 0.25) is 5.91 Å². The molecule has 142 valence electrons. The van der Waals surface area contributed by atoms with Crippen molar-refractivity contribution in [3.8, 4) is 0 Å². The molecule has 0 bridgehead atoms. The third-order valence-electron chi connectivity index (χ3n) is 6.45. The number of benzene rings is 1. The summed E-state index contributed by atoms with van der Waals surface area (Å²) in [7, 11) is -3.12. The van der Waals surface area contributed by atoms with Crippen molar-refractivity contribution in [2.45, 2.75) is 64.1 Å². The van der Waals surface area contributed by atoms with Crippen LogP contribution in [0.4, 0.5) is 5.69 Å². The van der Waals surface area contributed by atoms with Gasteiger partial charge in [-0.05, 0) is 49.9 Å². The van der Waals surface area contributed by atoms with Gasteiger partial charge in [0.25, 0.3) is 0 Å². The molecule has 3 fully saturated rings. The van der Waals surface area contributed by atoms with Gasteiger partial charge in [0.15, 0.2) is 9.84 Å². The molecule has 1 aliphatic carbocycles. The van der Waals surface area contributed by atoms with Gasteiger partial charge in [-0.25, -0.2) is 8.42 Å². The van der Waals surface area contributed by atoms with Crippen molar-refractivity contribution in [1.29, 1.82) is 0 Å². The molecule has 5 nitrogen and oxygen atoms in total. The standard InChI is InChI=1S/C20H28N2O3S/c1-14-8-9-17(10-15(14)2)22-19-13-26(24,25)12-18(19)21(11-20(22)23)16-6-4-3-5-7-16/h8-10,16,18-19H,3-7,11-13H2,1-2H3/t18-,19+/m0/s1. The summed E-state index contributed by atoms with van der Waals surface area (Å²) in [6, 6.07) is 6.02. The van der Waals surface area contributed by atoms with Crippen LogP contribution in [-0.2, 0) is 14.6 Å². The highest BCUT2D eigenvalue weighted by Gasteiger charge is 2.51. The first-order chi connectivity index (χ1) is 12.4. The normalized spacial score (nSPS) is 29.8. The van der Waals surface area contributed by atoms with Crippen molar-refractivity contribution in [3.05, 3.63) is 29.3 Å². The Labute approximate surface area is 156 Å². The van der Waals surface area contributed by atoms with Crippen LogP contribution in [0.3, 0.4) is 0 Å². The van der Waals surface area contributed by atoms with Crippen LogP contribution in [-0.4, -0.2) is 55.4 Å². The molecule has 1 aromatic carbocycles. The Morgan fingerprint density at radius 3 is 2.35 bits per heavy atom. The summed E-state index contributed by atoms with van der Waals surface area (Å²) >= 11 is 0. The van der Waals surface area contributed by atoms with E-state index in [0.29, 0.717) is 12.6 Å². The molecule has 0 N–H and O–H groups in total. The highest BCUT2D eigenvalue weighted by Crippen LogP contribution is 2.36. The van der Waals surface area contributed by atoms with Crippen LogP contribution in [0.2, 0.25) is 0 Å². The summed E-state index contributed by atoms with van der Waals surface area (Å²) in [4.78, 5) is 17.1. The number of fused-ring (bicyclic) bond motifs is 1. The second-order valence-electron chi connectivity index (χ2n) is 8.21. The lowest BCUT2D eigenvalue weighted by molar-refractivity contribution is -0.124. The van der Waals surface area contributed by atoms with E-state index in [1.165, 1.54) is 24.8 Å². The number of carbonyl (C=O) groups is 1. The third kappa shape index (κ3) is 3.18. The quantitative estimate of drug-likeness (QED) is 0.796. The zero-order chi connectivity index (χ0) is 18.5. The Balaban J connectivity index is 1.69. The van der Waals surface area contributed by atoms with Crippen molar-refractivity contribution in [1.82, 2.24) is 4.90 Å². The maximum Gasteiger partial charge on any atom is 0.241 e. The molecule has 3 aliphatic rings. The number of nitrogens with zero attached hydrogens (tertiary/aromatic N) is 2. The van der Waals surface area contributed by atoms with E-state index in [1.54, 1.807) is 4.90 Å². The van der Waals surface area contributed by atoms with Gasteiger partial charge < -0.3 is 4.90 Å². The van der Waals surface area contributed by atoms with Gasteiger partial charge in [-0.2, -0.15) is 0 Å². The molecular formula is C20H28N2O3S. The molecule has 0 aromatic heterocycles. The minimum Gasteiger partial charge on any atom is -0.306 e. The molecule has 4 rings (SSSR count). The molecular weight excluding hydrogens is 348 g/mol. The molecule has 2 heterocycles. The summed E-state index contributed by atoms with van der Waals surface area (Å²) in [5, 5.41) is 0. The molecule has 0 spiro atoms.